The van der Waals surface area contributed by atoms with E-state index in [1.54, 1.807) is 20.2 Å². The van der Waals surface area contributed by atoms with E-state index in [4.69, 9.17) is 10.5 Å². The van der Waals surface area contributed by atoms with Crippen LogP contribution in [0.15, 0.2) is 42.5 Å². The maximum Gasteiger partial charge on any atom is 0.253 e. The van der Waals surface area contributed by atoms with Crippen LogP contribution in [0.2, 0.25) is 0 Å². The molecule has 1 amide bonds. The minimum absolute atomic E-state index is 0.111. The third-order valence-electron chi connectivity index (χ3n) is 4.55. The van der Waals surface area contributed by atoms with Crippen molar-refractivity contribution in [3.8, 4) is 5.75 Å². The van der Waals surface area contributed by atoms with Gasteiger partial charge in [-0.15, -0.1) is 0 Å². The highest BCUT2D eigenvalue weighted by Gasteiger charge is 2.21. The molecule has 6 nitrogen and oxygen atoms in total. The zero-order chi connectivity index (χ0) is 17.8. The molecule has 2 aromatic rings. The topological polar surface area (TPSA) is 70.8 Å². The highest BCUT2D eigenvalue weighted by Crippen LogP contribution is 2.26. The van der Waals surface area contributed by atoms with Crippen LogP contribution in [0, 0.1) is 0 Å². The molecule has 0 spiro atoms. The normalized spacial score (nSPS) is 14.3. The van der Waals surface area contributed by atoms with Gasteiger partial charge in [0, 0.05) is 50.3 Å². The Morgan fingerprint density at radius 2 is 1.68 bits per heavy atom. The minimum atomic E-state index is -0.111. The van der Waals surface area contributed by atoms with Crippen molar-refractivity contribution >= 4 is 23.0 Å². The number of methoxy groups -OCH3 is 1. The van der Waals surface area contributed by atoms with Crippen LogP contribution in [0.4, 0.5) is 17.1 Å². The number of nitrogens with zero attached hydrogens (tertiary/aromatic N) is 2. The van der Waals surface area contributed by atoms with Gasteiger partial charge in [0.05, 0.1) is 12.7 Å². The van der Waals surface area contributed by atoms with Crippen molar-refractivity contribution in [3.63, 3.8) is 0 Å². The number of nitrogen functional groups attached to an aromatic ring is 1. The van der Waals surface area contributed by atoms with Gasteiger partial charge in [-0.2, -0.15) is 0 Å². The summed E-state index contributed by atoms with van der Waals surface area (Å²) >= 11 is 0. The summed E-state index contributed by atoms with van der Waals surface area (Å²) in [6, 6.07) is 13.6. The fraction of sp³-hybridized carbons (Fsp3) is 0.316. The summed E-state index contributed by atoms with van der Waals surface area (Å²) in [4.78, 5) is 16.7. The predicted octanol–water partition coefficient (Wildman–Crippen LogP) is 1.96. The Bertz CT molecular complexity index is 738. The van der Waals surface area contributed by atoms with Crippen LogP contribution in [0.3, 0.4) is 0 Å². The number of nitrogens with one attached hydrogen (secondary N) is 1. The van der Waals surface area contributed by atoms with Crippen LogP contribution in [0.5, 0.6) is 5.75 Å². The lowest BCUT2D eigenvalue weighted by atomic mass is 10.1. The zero-order valence-electron chi connectivity index (χ0n) is 14.7. The zero-order valence-corrected chi connectivity index (χ0v) is 14.7. The third kappa shape index (κ3) is 3.63. The van der Waals surface area contributed by atoms with Crippen molar-refractivity contribution in [1.29, 1.82) is 0 Å². The van der Waals surface area contributed by atoms with Crippen LogP contribution < -0.4 is 25.6 Å². The largest absolute Gasteiger partial charge is 0.497 e. The maximum absolute atomic E-state index is 12.2. The van der Waals surface area contributed by atoms with Crippen molar-refractivity contribution < 1.29 is 9.53 Å². The highest BCUT2D eigenvalue weighted by atomic mass is 16.5. The molecule has 0 unspecified atom stereocenters. The van der Waals surface area contributed by atoms with Gasteiger partial charge >= 0.3 is 0 Å². The fourth-order valence-electron chi connectivity index (χ4n) is 3.14. The van der Waals surface area contributed by atoms with Crippen LogP contribution in [0.1, 0.15) is 10.4 Å². The first-order valence-electron chi connectivity index (χ1n) is 8.38. The van der Waals surface area contributed by atoms with Gasteiger partial charge in [-0.05, 0) is 42.5 Å². The molecule has 1 saturated heterocycles. The molecule has 25 heavy (non-hydrogen) atoms. The van der Waals surface area contributed by atoms with Crippen molar-refractivity contribution in [2.24, 2.45) is 0 Å². The lowest BCUT2D eigenvalue weighted by Gasteiger charge is -2.38. The Morgan fingerprint density at radius 1 is 1.04 bits per heavy atom. The first-order valence-corrected chi connectivity index (χ1v) is 8.38. The average molecular weight is 340 g/mol. The Balaban J connectivity index is 1.73. The second-order valence-electron chi connectivity index (χ2n) is 6.03. The molecular formula is C19H24N4O2. The first kappa shape index (κ1) is 17.0. The smallest absolute Gasteiger partial charge is 0.253 e. The number of ether oxygens (including phenoxy) is 1. The van der Waals surface area contributed by atoms with Gasteiger partial charge in [-0.25, -0.2) is 0 Å². The SMILES string of the molecule is CNC(=O)c1cc(N)ccc1N1CCN(c2ccc(OC)cc2)CC1. The van der Waals surface area contributed by atoms with E-state index in [1.807, 2.05) is 24.3 Å². The van der Waals surface area contributed by atoms with Gasteiger partial charge in [-0.3, -0.25) is 4.79 Å². The number of benzene rings is 2. The Hall–Kier alpha value is -2.89. The molecule has 1 aliphatic heterocycles. The molecule has 1 heterocycles. The molecule has 2 aromatic carbocycles. The molecule has 1 aliphatic rings. The Kier molecular flexibility index (Phi) is 4.97. The van der Waals surface area contributed by atoms with Gasteiger partial charge in [0.1, 0.15) is 5.75 Å². The quantitative estimate of drug-likeness (QED) is 0.833. The van der Waals surface area contributed by atoms with Gasteiger partial charge in [0.25, 0.3) is 5.91 Å². The van der Waals surface area contributed by atoms with Crippen LogP contribution in [-0.2, 0) is 0 Å². The molecule has 0 bridgehead atoms. The summed E-state index contributed by atoms with van der Waals surface area (Å²) in [5.74, 6) is 0.749. The molecule has 3 N–H and O–H groups in total. The number of piperazine rings is 1. The maximum atomic E-state index is 12.2. The lowest BCUT2D eigenvalue weighted by Crippen LogP contribution is -2.47. The van der Waals surface area contributed by atoms with Crippen LogP contribution >= 0.6 is 0 Å². The van der Waals surface area contributed by atoms with Gasteiger partial charge in [-0.1, -0.05) is 0 Å². The minimum Gasteiger partial charge on any atom is -0.497 e. The first-order chi connectivity index (χ1) is 12.1. The van der Waals surface area contributed by atoms with E-state index in [0.717, 1.165) is 37.6 Å². The van der Waals surface area contributed by atoms with Gasteiger partial charge < -0.3 is 25.6 Å². The van der Waals surface area contributed by atoms with Crippen molar-refractivity contribution in [2.45, 2.75) is 0 Å². The molecule has 3 rings (SSSR count). The number of carbonyl (C=O) groups is 1. The van der Waals surface area contributed by atoms with Crippen LogP contribution in [-0.4, -0.2) is 46.2 Å². The Labute approximate surface area is 148 Å². The van der Waals surface area contributed by atoms with Gasteiger partial charge in [0.15, 0.2) is 0 Å². The third-order valence-corrected chi connectivity index (χ3v) is 4.55. The van der Waals surface area contributed by atoms with Crippen LogP contribution in [0.25, 0.3) is 0 Å². The lowest BCUT2D eigenvalue weighted by molar-refractivity contribution is 0.0963. The number of hydrogen-bond acceptors (Lipinski definition) is 5. The molecule has 0 aliphatic carbocycles. The van der Waals surface area contributed by atoms with E-state index in [2.05, 4.69) is 27.2 Å². The number of rotatable bonds is 4. The second-order valence-corrected chi connectivity index (χ2v) is 6.03. The molecule has 1 fully saturated rings. The van der Waals surface area contributed by atoms with Crippen molar-refractivity contribution in [2.75, 3.05) is 55.9 Å². The summed E-state index contributed by atoms with van der Waals surface area (Å²) in [6.07, 6.45) is 0. The van der Waals surface area contributed by atoms with E-state index < -0.39 is 0 Å². The predicted molar refractivity (Wildman–Crippen MR) is 102 cm³/mol. The summed E-state index contributed by atoms with van der Waals surface area (Å²) in [5.41, 5.74) is 9.19. The van der Waals surface area contributed by atoms with E-state index >= 15 is 0 Å². The Morgan fingerprint density at radius 3 is 2.28 bits per heavy atom. The highest BCUT2D eigenvalue weighted by molar-refractivity contribution is 6.00. The van der Waals surface area contributed by atoms with E-state index in [-0.39, 0.29) is 5.91 Å². The standard InChI is InChI=1S/C19H24N4O2/c1-21-19(24)17-13-14(20)3-8-18(17)23-11-9-22(10-12-23)15-4-6-16(25-2)7-5-15/h3-8,13H,9-12,20H2,1-2H3,(H,21,24). The molecular weight excluding hydrogens is 316 g/mol. The van der Waals surface area contributed by atoms with Crippen molar-refractivity contribution in [3.05, 3.63) is 48.0 Å². The number of hydrogen-bond donors (Lipinski definition) is 2. The number of carbonyl (C=O) groups excluding carboxylic acids is 1. The summed E-state index contributed by atoms with van der Waals surface area (Å²) in [7, 11) is 3.31. The summed E-state index contributed by atoms with van der Waals surface area (Å²) in [6.45, 7) is 3.48. The average Bonchev–Trinajstić information content (AvgIpc) is 2.67. The van der Waals surface area contributed by atoms with Crippen molar-refractivity contribution in [1.82, 2.24) is 5.32 Å². The fourth-order valence-corrected chi connectivity index (χ4v) is 3.14. The number of anilines is 3. The monoisotopic (exact) mass is 340 g/mol. The second kappa shape index (κ2) is 7.34. The molecule has 0 atom stereocenters. The number of amides is 1. The van der Waals surface area contributed by atoms with Gasteiger partial charge in [0.2, 0.25) is 0 Å². The molecule has 132 valence electrons. The number of nitrogens with two attached hydrogens (primary N) is 1. The molecule has 0 aromatic heterocycles. The van der Waals surface area contributed by atoms with E-state index in [0.29, 0.717) is 11.3 Å². The molecule has 0 radical (unpaired) electrons. The molecule has 6 heteroatoms. The molecule has 0 saturated carbocycles. The van der Waals surface area contributed by atoms with E-state index in [1.165, 1.54) is 5.69 Å². The summed E-state index contributed by atoms with van der Waals surface area (Å²) in [5, 5.41) is 2.69. The summed E-state index contributed by atoms with van der Waals surface area (Å²) < 4.78 is 5.21. The van der Waals surface area contributed by atoms with E-state index in [9.17, 15) is 4.79 Å².